The summed E-state index contributed by atoms with van der Waals surface area (Å²) in [6.07, 6.45) is 5.45. The smallest absolute Gasteiger partial charge is 0.343 e. The summed E-state index contributed by atoms with van der Waals surface area (Å²) in [6, 6.07) is 1.95. The van der Waals surface area contributed by atoms with Crippen LogP contribution in [0.25, 0.3) is 0 Å². The summed E-state index contributed by atoms with van der Waals surface area (Å²) in [5.41, 5.74) is 0.882. The molecular formula is C16H19N5O2. The van der Waals surface area contributed by atoms with Crippen molar-refractivity contribution in [2.24, 2.45) is 7.05 Å². The van der Waals surface area contributed by atoms with Crippen molar-refractivity contribution in [3.05, 3.63) is 35.5 Å². The van der Waals surface area contributed by atoms with Crippen LogP contribution in [-0.2, 0) is 17.4 Å². The van der Waals surface area contributed by atoms with Gasteiger partial charge in [-0.15, -0.1) is 10.2 Å². The standard InChI is InChI=1S/C16H19N5O2/c1-16(2)10-6-7-17-14(12(10)15(22)23-16)21-8-4-5-11(21)13-19-18-9-20(13)3/h6-7,9,11H,4-5,8H2,1-3H3. The van der Waals surface area contributed by atoms with Gasteiger partial charge in [0, 0.05) is 25.4 Å². The molecule has 0 N–H and O–H groups in total. The molecule has 23 heavy (non-hydrogen) atoms. The molecule has 1 atom stereocenters. The highest BCUT2D eigenvalue weighted by Gasteiger charge is 2.43. The summed E-state index contributed by atoms with van der Waals surface area (Å²) in [6.45, 7) is 4.66. The van der Waals surface area contributed by atoms with E-state index >= 15 is 0 Å². The van der Waals surface area contributed by atoms with Gasteiger partial charge in [-0.25, -0.2) is 9.78 Å². The highest BCUT2D eigenvalue weighted by Crippen LogP contribution is 2.43. The monoisotopic (exact) mass is 313 g/mol. The number of cyclic esters (lactones) is 1. The quantitative estimate of drug-likeness (QED) is 0.789. The molecule has 0 amide bonds. The first-order valence-electron chi connectivity index (χ1n) is 7.82. The number of rotatable bonds is 2. The van der Waals surface area contributed by atoms with Gasteiger partial charge >= 0.3 is 5.97 Å². The molecule has 0 radical (unpaired) electrons. The molecule has 2 aliphatic heterocycles. The lowest BCUT2D eigenvalue weighted by Crippen LogP contribution is -2.27. The Morgan fingerprint density at radius 3 is 2.96 bits per heavy atom. The van der Waals surface area contributed by atoms with Crippen molar-refractivity contribution in [1.29, 1.82) is 0 Å². The Bertz CT molecular complexity index is 783. The molecule has 4 rings (SSSR count). The molecule has 2 aliphatic rings. The van der Waals surface area contributed by atoms with Crippen LogP contribution in [0.3, 0.4) is 0 Å². The van der Waals surface area contributed by atoms with E-state index in [0.29, 0.717) is 11.4 Å². The number of carbonyl (C=O) groups is 1. The molecule has 1 fully saturated rings. The van der Waals surface area contributed by atoms with Crippen LogP contribution in [0.4, 0.5) is 5.82 Å². The largest absolute Gasteiger partial charge is 0.451 e. The molecule has 0 spiro atoms. The minimum Gasteiger partial charge on any atom is -0.451 e. The predicted molar refractivity (Wildman–Crippen MR) is 83.0 cm³/mol. The highest BCUT2D eigenvalue weighted by atomic mass is 16.6. The van der Waals surface area contributed by atoms with Crippen LogP contribution in [0.2, 0.25) is 0 Å². The van der Waals surface area contributed by atoms with Gasteiger partial charge in [0.2, 0.25) is 0 Å². The van der Waals surface area contributed by atoms with Crippen LogP contribution in [-0.4, -0.2) is 32.3 Å². The molecular weight excluding hydrogens is 294 g/mol. The van der Waals surface area contributed by atoms with E-state index in [1.165, 1.54) is 0 Å². The third-order valence-electron chi connectivity index (χ3n) is 4.70. The second kappa shape index (κ2) is 4.78. The van der Waals surface area contributed by atoms with Gasteiger partial charge in [-0.1, -0.05) is 0 Å². The predicted octanol–water partition coefficient (Wildman–Crippen LogP) is 1.96. The topological polar surface area (TPSA) is 73.1 Å². The molecule has 0 bridgehead atoms. The summed E-state index contributed by atoms with van der Waals surface area (Å²) in [5.74, 6) is 1.30. The molecule has 2 aromatic rings. The molecule has 0 saturated carbocycles. The molecule has 1 saturated heterocycles. The van der Waals surface area contributed by atoms with Gasteiger partial charge in [0.15, 0.2) is 5.82 Å². The molecule has 7 nitrogen and oxygen atoms in total. The molecule has 0 aromatic carbocycles. The second-order valence-corrected chi connectivity index (χ2v) is 6.61. The normalized spacial score (nSPS) is 22.3. The molecule has 7 heteroatoms. The average molecular weight is 313 g/mol. The third-order valence-corrected chi connectivity index (χ3v) is 4.70. The molecule has 1 unspecified atom stereocenters. The maximum Gasteiger partial charge on any atom is 0.343 e. The third kappa shape index (κ3) is 2.03. The fourth-order valence-electron chi connectivity index (χ4n) is 3.59. The first-order chi connectivity index (χ1) is 11.0. The summed E-state index contributed by atoms with van der Waals surface area (Å²) >= 11 is 0. The lowest BCUT2D eigenvalue weighted by atomic mass is 9.97. The Morgan fingerprint density at radius 1 is 1.39 bits per heavy atom. The van der Waals surface area contributed by atoms with Crippen LogP contribution < -0.4 is 4.90 Å². The van der Waals surface area contributed by atoms with E-state index in [9.17, 15) is 4.79 Å². The van der Waals surface area contributed by atoms with Crippen LogP contribution in [0.5, 0.6) is 0 Å². The van der Waals surface area contributed by atoms with Crippen molar-refractivity contribution in [3.8, 4) is 0 Å². The van der Waals surface area contributed by atoms with Crippen LogP contribution in [0.15, 0.2) is 18.6 Å². The zero-order chi connectivity index (χ0) is 16.2. The zero-order valence-corrected chi connectivity index (χ0v) is 13.5. The summed E-state index contributed by atoms with van der Waals surface area (Å²) in [7, 11) is 1.94. The van der Waals surface area contributed by atoms with Gasteiger partial charge in [-0.3, -0.25) is 0 Å². The summed E-state index contributed by atoms with van der Waals surface area (Å²) in [5, 5.41) is 8.22. The van der Waals surface area contributed by atoms with E-state index in [2.05, 4.69) is 20.1 Å². The number of aromatic nitrogens is 4. The Balaban J connectivity index is 1.81. The van der Waals surface area contributed by atoms with Gasteiger partial charge in [0.25, 0.3) is 0 Å². The van der Waals surface area contributed by atoms with Crippen molar-refractivity contribution in [3.63, 3.8) is 0 Å². The summed E-state index contributed by atoms with van der Waals surface area (Å²) in [4.78, 5) is 19.1. The van der Waals surface area contributed by atoms with Gasteiger partial charge in [-0.05, 0) is 32.8 Å². The van der Waals surface area contributed by atoms with Crippen LogP contribution in [0, 0.1) is 0 Å². The fourth-order valence-corrected chi connectivity index (χ4v) is 3.59. The first kappa shape index (κ1) is 14.2. The minimum absolute atomic E-state index is 0.0815. The lowest BCUT2D eigenvalue weighted by Gasteiger charge is -2.26. The Kier molecular flexibility index (Phi) is 2.94. The van der Waals surface area contributed by atoms with Gasteiger partial charge in [0.1, 0.15) is 23.3 Å². The number of anilines is 1. The molecule has 2 aromatic heterocycles. The fraction of sp³-hybridized carbons (Fsp3) is 0.500. The Labute approximate surface area is 134 Å². The van der Waals surface area contributed by atoms with E-state index in [1.54, 1.807) is 12.5 Å². The maximum absolute atomic E-state index is 12.4. The van der Waals surface area contributed by atoms with Crippen molar-refractivity contribution in [2.75, 3.05) is 11.4 Å². The van der Waals surface area contributed by atoms with E-state index in [-0.39, 0.29) is 12.0 Å². The van der Waals surface area contributed by atoms with Crippen LogP contribution in [0.1, 0.15) is 54.5 Å². The van der Waals surface area contributed by atoms with E-state index < -0.39 is 5.60 Å². The number of hydrogen-bond donors (Lipinski definition) is 0. The van der Waals surface area contributed by atoms with Crippen molar-refractivity contribution in [1.82, 2.24) is 19.7 Å². The van der Waals surface area contributed by atoms with Gasteiger partial charge < -0.3 is 14.2 Å². The minimum atomic E-state index is -0.607. The number of aryl methyl sites for hydroxylation is 1. The van der Waals surface area contributed by atoms with E-state index in [0.717, 1.165) is 30.8 Å². The number of nitrogens with zero attached hydrogens (tertiary/aromatic N) is 5. The number of fused-ring (bicyclic) bond motifs is 1. The average Bonchev–Trinajstić information content (AvgIpc) is 3.18. The molecule has 0 aliphatic carbocycles. The SMILES string of the molecule is Cn1cnnc1C1CCCN1c1nccc2c1C(=O)OC2(C)C. The first-order valence-corrected chi connectivity index (χ1v) is 7.82. The Morgan fingerprint density at radius 2 is 2.22 bits per heavy atom. The highest BCUT2D eigenvalue weighted by molar-refractivity contribution is 5.99. The lowest BCUT2D eigenvalue weighted by molar-refractivity contribution is 0.00957. The van der Waals surface area contributed by atoms with Crippen molar-refractivity contribution >= 4 is 11.8 Å². The summed E-state index contributed by atoms with van der Waals surface area (Å²) < 4.78 is 7.46. The number of pyridine rings is 1. The number of ether oxygens (including phenoxy) is 1. The molecule has 120 valence electrons. The number of esters is 1. The molecule has 4 heterocycles. The van der Waals surface area contributed by atoms with E-state index in [4.69, 9.17) is 4.74 Å². The Hall–Kier alpha value is -2.44. The van der Waals surface area contributed by atoms with Crippen LogP contribution >= 0.6 is 0 Å². The van der Waals surface area contributed by atoms with Crippen molar-refractivity contribution in [2.45, 2.75) is 38.3 Å². The van der Waals surface area contributed by atoms with Gasteiger partial charge in [0.05, 0.1) is 6.04 Å². The number of hydrogen-bond acceptors (Lipinski definition) is 6. The number of carbonyl (C=O) groups excluding carboxylic acids is 1. The van der Waals surface area contributed by atoms with E-state index in [1.807, 2.05) is 31.5 Å². The second-order valence-electron chi connectivity index (χ2n) is 6.61. The van der Waals surface area contributed by atoms with Crippen molar-refractivity contribution < 1.29 is 9.53 Å². The zero-order valence-electron chi connectivity index (χ0n) is 13.5. The maximum atomic E-state index is 12.4. The van der Waals surface area contributed by atoms with Gasteiger partial charge in [-0.2, -0.15) is 0 Å².